The van der Waals surface area contributed by atoms with Crippen molar-refractivity contribution in [2.75, 3.05) is 19.6 Å². The number of unbranched alkanes of at least 4 members (excludes halogenated alkanes) is 2. The molecule has 17 heavy (non-hydrogen) atoms. The van der Waals surface area contributed by atoms with Crippen molar-refractivity contribution in [1.82, 2.24) is 10.2 Å². The van der Waals surface area contributed by atoms with Gasteiger partial charge >= 0.3 is 0 Å². The molecule has 1 aliphatic heterocycles. The molecule has 100 valence electrons. The van der Waals surface area contributed by atoms with Gasteiger partial charge in [-0.15, -0.1) is 0 Å². The average Bonchev–Trinajstić information content (AvgIpc) is 2.30. The van der Waals surface area contributed by atoms with Gasteiger partial charge in [-0.3, -0.25) is 4.79 Å². The molecule has 1 fully saturated rings. The van der Waals surface area contributed by atoms with Gasteiger partial charge in [0.25, 0.3) is 0 Å². The molecule has 0 bridgehead atoms. The van der Waals surface area contributed by atoms with E-state index < -0.39 is 0 Å². The van der Waals surface area contributed by atoms with Gasteiger partial charge in [0.1, 0.15) is 0 Å². The Balaban J connectivity index is 2.72. The van der Waals surface area contributed by atoms with Gasteiger partial charge < -0.3 is 10.2 Å². The molecule has 0 aromatic carbocycles. The van der Waals surface area contributed by atoms with Crippen LogP contribution in [-0.2, 0) is 4.79 Å². The first-order chi connectivity index (χ1) is 7.78. The molecule has 1 rings (SSSR count). The Morgan fingerprint density at radius 2 is 1.88 bits per heavy atom. The van der Waals surface area contributed by atoms with Gasteiger partial charge in [0, 0.05) is 25.2 Å². The lowest BCUT2D eigenvalue weighted by Gasteiger charge is -2.31. The zero-order chi connectivity index (χ0) is 13.1. The van der Waals surface area contributed by atoms with Crippen LogP contribution in [0.1, 0.15) is 53.9 Å². The summed E-state index contributed by atoms with van der Waals surface area (Å²) in [5, 5.41) is 3.50. The van der Waals surface area contributed by atoms with Crippen LogP contribution in [0.15, 0.2) is 0 Å². The summed E-state index contributed by atoms with van der Waals surface area (Å²) in [5.41, 5.74) is -0.254. The van der Waals surface area contributed by atoms with Crippen molar-refractivity contribution in [2.24, 2.45) is 5.41 Å². The van der Waals surface area contributed by atoms with Crippen LogP contribution in [0, 0.1) is 5.41 Å². The second-order valence-corrected chi connectivity index (χ2v) is 6.56. The Bertz CT molecular complexity index is 271. The second kappa shape index (κ2) is 5.38. The zero-order valence-corrected chi connectivity index (χ0v) is 12.1. The van der Waals surface area contributed by atoms with Crippen molar-refractivity contribution in [1.29, 1.82) is 0 Å². The Morgan fingerprint density at radius 3 is 2.47 bits per heavy atom. The number of nitrogens with zero attached hydrogens (tertiary/aromatic N) is 1. The predicted molar refractivity (Wildman–Crippen MR) is 72.0 cm³/mol. The van der Waals surface area contributed by atoms with E-state index in [1.807, 2.05) is 13.8 Å². The van der Waals surface area contributed by atoms with Crippen LogP contribution in [0.25, 0.3) is 0 Å². The molecular weight excluding hydrogens is 212 g/mol. The maximum absolute atomic E-state index is 12.4. The maximum Gasteiger partial charge on any atom is 0.229 e. The van der Waals surface area contributed by atoms with E-state index in [2.05, 4.69) is 31.0 Å². The summed E-state index contributed by atoms with van der Waals surface area (Å²) in [6.45, 7) is 13.1. The van der Waals surface area contributed by atoms with E-state index in [0.29, 0.717) is 5.91 Å². The molecule has 1 aliphatic rings. The van der Waals surface area contributed by atoms with Gasteiger partial charge in [-0.2, -0.15) is 0 Å². The predicted octanol–water partition coefficient (Wildman–Crippen LogP) is 2.41. The fourth-order valence-corrected chi connectivity index (χ4v) is 2.30. The van der Waals surface area contributed by atoms with Crippen molar-refractivity contribution in [3.63, 3.8) is 0 Å². The number of amides is 1. The van der Waals surface area contributed by atoms with Crippen LogP contribution in [0.5, 0.6) is 0 Å². The maximum atomic E-state index is 12.4. The highest BCUT2D eigenvalue weighted by molar-refractivity contribution is 5.82. The minimum Gasteiger partial charge on any atom is -0.340 e. The molecule has 0 atom stereocenters. The molecule has 0 aliphatic carbocycles. The van der Waals surface area contributed by atoms with Crippen LogP contribution < -0.4 is 5.32 Å². The van der Waals surface area contributed by atoms with Crippen LogP contribution in [0.4, 0.5) is 0 Å². The number of carbonyl (C=O) groups is 1. The third-order valence-corrected chi connectivity index (χ3v) is 3.49. The first-order valence-corrected chi connectivity index (χ1v) is 6.83. The summed E-state index contributed by atoms with van der Waals surface area (Å²) in [6, 6.07) is 0. The monoisotopic (exact) mass is 240 g/mol. The Hall–Kier alpha value is -0.570. The summed E-state index contributed by atoms with van der Waals surface area (Å²) in [4.78, 5) is 14.5. The molecule has 3 heteroatoms. The molecule has 3 nitrogen and oxygen atoms in total. The topological polar surface area (TPSA) is 32.3 Å². The summed E-state index contributed by atoms with van der Waals surface area (Å²) in [7, 11) is 0. The highest BCUT2D eigenvalue weighted by Gasteiger charge is 2.38. The fraction of sp³-hybridized carbons (Fsp3) is 0.929. The third kappa shape index (κ3) is 3.98. The van der Waals surface area contributed by atoms with E-state index in [-0.39, 0.29) is 11.0 Å². The van der Waals surface area contributed by atoms with Gasteiger partial charge in [0.05, 0.1) is 5.41 Å². The summed E-state index contributed by atoms with van der Waals surface area (Å²) < 4.78 is 0. The van der Waals surface area contributed by atoms with Gasteiger partial charge in [-0.25, -0.2) is 0 Å². The number of nitrogens with one attached hydrogen (secondary N) is 1. The summed E-state index contributed by atoms with van der Waals surface area (Å²) in [6.07, 6.45) is 3.53. The van der Waals surface area contributed by atoms with E-state index in [1.54, 1.807) is 0 Å². The smallest absolute Gasteiger partial charge is 0.229 e. The largest absolute Gasteiger partial charge is 0.340 e. The minimum atomic E-state index is -0.278. The molecule has 0 spiro atoms. The molecule has 1 amide bonds. The fourth-order valence-electron chi connectivity index (χ4n) is 2.30. The molecule has 1 saturated heterocycles. The molecule has 0 radical (unpaired) electrons. The van der Waals surface area contributed by atoms with Crippen LogP contribution in [-0.4, -0.2) is 36.0 Å². The molecule has 0 aromatic rings. The van der Waals surface area contributed by atoms with Crippen LogP contribution in [0.3, 0.4) is 0 Å². The van der Waals surface area contributed by atoms with Gasteiger partial charge in [0.2, 0.25) is 5.91 Å². The first-order valence-electron chi connectivity index (χ1n) is 6.83. The Morgan fingerprint density at radius 1 is 1.24 bits per heavy atom. The second-order valence-electron chi connectivity index (χ2n) is 6.56. The first kappa shape index (κ1) is 14.5. The summed E-state index contributed by atoms with van der Waals surface area (Å²) in [5.74, 6) is 0.298. The molecule has 1 heterocycles. The third-order valence-electron chi connectivity index (χ3n) is 3.49. The van der Waals surface area contributed by atoms with Crippen molar-refractivity contribution in [3.8, 4) is 0 Å². The lowest BCUT2D eigenvalue weighted by atomic mass is 9.92. The van der Waals surface area contributed by atoms with Crippen LogP contribution >= 0.6 is 0 Å². The minimum absolute atomic E-state index is 0.0235. The standard InChI is InChI=1S/C14H28N2O/c1-6-7-8-9-16-11-14(4,5)15-10-13(2,3)12(16)17/h15H,6-11H2,1-5H3. The number of hydrogen-bond donors (Lipinski definition) is 1. The van der Waals surface area contributed by atoms with E-state index in [1.165, 1.54) is 12.8 Å². The van der Waals surface area contributed by atoms with E-state index in [9.17, 15) is 4.79 Å². The number of rotatable bonds is 4. The SMILES string of the molecule is CCCCCN1CC(C)(C)NCC(C)(C)C1=O. The highest BCUT2D eigenvalue weighted by Crippen LogP contribution is 2.24. The van der Waals surface area contributed by atoms with Crippen molar-refractivity contribution in [2.45, 2.75) is 59.4 Å². The lowest BCUT2D eigenvalue weighted by molar-refractivity contribution is -0.139. The van der Waals surface area contributed by atoms with Crippen molar-refractivity contribution in [3.05, 3.63) is 0 Å². The van der Waals surface area contributed by atoms with E-state index in [0.717, 1.165) is 26.1 Å². The lowest BCUT2D eigenvalue weighted by Crippen LogP contribution is -2.47. The number of carbonyl (C=O) groups excluding carboxylic acids is 1. The molecule has 0 aromatic heterocycles. The van der Waals surface area contributed by atoms with E-state index >= 15 is 0 Å². The molecule has 0 saturated carbocycles. The van der Waals surface area contributed by atoms with Gasteiger partial charge in [-0.05, 0) is 34.1 Å². The summed E-state index contributed by atoms with van der Waals surface area (Å²) >= 11 is 0. The number of hydrogen-bond acceptors (Lipinski definition) is 2. The molecule has 0 unspecified atom stereocenters. The van der Waals surface area contributed by atoms with Gasteiger partial charge in [0.15, 0.2) is 0 Å². The Kier molecular flexibility index (Phi) is 4.59. The zero-order valence-electron chi connectivity index (χ0n) is 12.1. The van der Waals surface area contributed by atoms with Crippen LogP contribution in [0.2, 0.25) is 0 Å². The van der Waals surface area contributed by atoms with E-state index in [4.69, 9.17) is 0 Å². The molecular formula is C14H28N2O. The Labute approximate surface area is 106 Å². The average molecular weight is 240 g/mol. The van der Waals surface area contributed by atoms with Gasteiger partial charge in [-0.1, -0.05) is 19.8 Å². The normalized spacial score (nSPS) is 23.6. The quantitative estimate of drug-likeness (QED) is 0.765. The molecule has 1 N–H and O–H groups in total. The highest BCUT2D eigenvalue weighted by atomic mass is 16.2. The van der Waals surface area contributed by atoms with Crippen molar-refractivity contribution < 1.29 is 4.79 Å². The van der Waals surface area contributed by atoms with Crippen molar-refractivity contribution >= 4 is 5.91 Å².